The van der Waals surface area contributed by atoms with Crippen molar-refractivity contribution in [1.29, 1.82) is 0 Å². The number of benzene rings is 1. The average molecular weight is 372 g/mol. The van der Waals surface area contributed by atoms with Gasteiger partial charge in [0.2, 0.25) is 11.8 Å². The maximum Gasteiger partial charge on any atom is 0.232 e. The van der Waals surface area contributed by atoms with Gasteiger partial charge in [0, 0.05) is 36.8 Å². The molecule has 1 aromatic carbocycles. The van der Waals surface area contributed by atoms with Crippen LogP contribution in [0.3, 0.4) is 0 Å². The third kappa shape index (κ3) is 3.85. The highest BCUT2D eigenvalue weighted by Gasteiger charge is 2.38. The van der Waals surface area contributed by atoms with Gasteiger partial charge in [0.25, 0.3) is 0 Å². The van der Waals surface area contributed by atoms with Crippen LogP contribution in [0.25, 0.3) is 0 Å². The molecule has 1 atom stereocenters. The number of anilines is 1. The lowest BCUT2D eigenvalue weighted by Crippen LogP contribution is -2.41. The number of amides is 2. The molecule has 1 aromatic rings. The molecule has 2 aliphatic rings. The number of likely N-dealkylation sites (tertiary alicyclic amines) is 1. The zero-order valence-corrected chi connectivity index (χ0v) is 15.3. The molecule has 5 nitrogen and oxygen atoms in total. The first-order valence-electron chi connectivity index (χ1n) is 8.13. The van der Waals surface area contributed by atoms with E-state index in [0.29, 0.717) is 18.0 Å². The van der Waals surface area contributed by atoms with Crippen molar-refractivity contribution in [2.45, 2.75) is 25.2 Å². The predicted molar refractivity (Wildman–Crippen MR) is 97.9 cm³/mol. The van der Waals surface area contributed by atoms with E-state index in [-0.39, 0.29) is 36.1 Å². The van der Waals surface area contributed by atoms with Crippen molar-refractivity contribution >= 4 is 41.5 Å². The summed E-state index contributed by atoms with van der Waals surface area (Å²) < 4.78 is 0. The highest BCUT2D eigenvalue weighted by molar-refractivity contribution is 6.31. The van der Waals surface area contributed by atoms with Crippen LogP contribution in [0.2, 0.25) is 5.02 Å². The number of hydrogen-bond donors (Lipinski definition) is 2. The quantitative estimate of drug-likeness (QED) is 0.854. The van der Waals surface area contributed by atoms with E-state index in [0.717, 1.165) is 37.2 Å². The van der Waals surface area contributed by atoms with E-state index in [2.05, 4.69) is 10.6 Å². The third-order valence-corrected chi connectivity index (χ3v) is 5.08. The van der Waals surface area contributed by atoms with Crippen LogP contribution in [0.5, 0.6) is 0 Å². The van der Waals surface area contributed by atoms with Crippen LogP contribution in [0, 0.1) is 5.92 Å². The van der Waals surface area contributed by atoms with E-state index in [1.54, 1.807) is 0 Å². The largest absolute Gasteiger partial charge is 0.343 e. The van der Waals surface area contributed by atoms with Crippen LogP contribution in [-0.4, -0.2) is 43.4 Å². The molecule has 0 bridgehead atoms. The summed E-state index contributed by atoms with van der Waals surface area (Å²) in [5.41, 5.74) is 1.87. The van der Waals surface area contributed by atoms with Gasteiger partial charge in [0.1, 0.15) is 0 Å². The molecule has 132 valence electrons. The molecule has 2 aliphatic heterocycles. The fourth-order valence-electron chi connectivity index (χ4n) is 3.60. The molecule has 2 heterocycles. The molecule has 7 heteroatoms. The first kappa shape index (κ1) is 19.0. The molecule has 0 saturated carbocycles. The number of piperidine rings is 1. The van der Waals surface area contributed by atoms with E-state index in [1.807, 2.05) is 30.1 Å². The van der Waals surface area contributed by atoms with Gasteiger partial charge in [-0.3, -0.25) is 9.59 Å². The van der Waals surface area contributed by atoms with Gasteiger partial charge >= 0.3 is 0 Å². The van der Waals surface area contributed by atoms with Crippen LogP contribution in [-0.2, 0) is 9.59 Å². The summed E-state index contributed by atoms with van der Waals surface area (Å²) in [5.74, 6) is 0.422. The molecule has 2 N–H and O–H groups in total. The molecule has 1 saturated heterocycles. The Bertz CT molecular complexity index is 616. The van der Waals surface area contributed by atoms with Crippen LogP contribution in [0.15, 0.2) is 18.2 Å². The van der Waals surface area contributed by atoms with Crippen LogP contribution in [0.4, 0.5) is 5.69 Å². The molecule has 1 unspecified atom stereocenters. The SMILES string of the molecule is CNCCC(=O)N1CCC(C2C(=O)Nc3cc(Cl)ccc32)CC1.Cl. The zero-order chi connectivity index (χ0) is 16.4. The van der Waals surface area contributed by atoms with Gasteiger partial charge in [0.05, 0.1) is 5.92 Å². The Morgan fingerprint density at radius 3 is 2.75 bits per heavy atom. The summed E-state index contributed by atoms with van der Waals surface area (Å²) in [4.78, 5) is 26.4. The molecule has 0 radical (unpaired) electrons. The van der Waals surface area contributed by atoms with Gasteiger partial charge in [0.15, 0.2) is 0 Å². The fraction of sp³-hybridized carbons (Fsp3) is 0.529. The van der Waals surface area contributed by atoms with Gasteiger partial charge in [-0.05, 0) is 43.5 Å². The Labute approximate surface area is 153 Å². The monoisotopic (exact) mass is 371 g/mol. The Kier molecular flexibility index (Phi) is 6.49. The lowest BCUT2D eigenvalue weighted by atomic mass is 9.80. The average Bonchev–Trinajstić information content (AvgIpc) is 2.87. The predicted octanol–water partition coefficient (Wildman–Crippen LogP) is 2.65. The lowest BCUT2D eigenvalue weighted by molar-refractivity contribution is -0.132. The van der Waals surface area contributed by atoms with Crippen molar-refractivity contribution < 1.29 is 9.59 Å². The third-order valence-electron chi connectivity index (χ3n) is 4.84. The summed E-state index contributed by atoms with van der Waals surface area (Å²) in [6.45, 7) is 2.18. The maximum absolute atomic E-state index is 12.4. The summed E-state index contributed by atoms with van der Waals surface area (Å²) in [7, 11) is 1.85. The number of nitrogens with one attached hydrogen (secondary N) is 2. The van der Waals surface area contributed by atoms with Gasteiger partial charge in [-0.1, -0.05) is 17.7 Å². The summed E-state index contributed by atoms with van der Waals surface area (Å²) in [6, 6.07) is 5.60. The smallest absolute Gasteiger partial charge is 0.232 e. The fourth-order valence-corrected chi connectivity index (χ4v) is 3.77. The van der Waals surface area contributed by atoms with E-state index in [1.165, 1.54) is 0 Å². The van der Waals surface area contributed by atoms with E-state index >= 15 is 0 Å². The van der Waals surface area contributed by atoms with Crippen molar-refractivity contribution in [3.8, 4) is 0 Å². The van der Waals surface area contributed by atoms with Gasteiger partial charge < -0.3 is 15.5 Å². The molecule has 3 rings (SSSR count). The zero-order valence-electron chi connectivity index (χ0n) is 13.7. The van der Waals surface area contributed by atoms with Crippen LogP contribution < -0.4 is 10.6 Å². The standard InChI is InChI=1S/C17H22ClN3O2.ClH/c1-19-7-4-15(22)21-8-5-11(6-9-21)16-13-3-2-12(18)10-14(13)20-17(16)23;/h2-3,10-11,16,19H,4-9H2,1H3,(H,20,23);1H. The molecule has 1 fully saturated rings. The second kappa shape index (κ2) is 8.19. The number of halogens is 2. The summed E-state index contributed by atoms with van der Waals surface area (Å²) in [6.07, 6.45) is 2.27. The van der Waals surface area contributed by atoms with E-state index < -0.39 is 0 Å². The second-order valence-electron chi connectivity index (χ2n) is 6.27. The van der Waals surface area contributed by atoms with Crippen molar-refractivity contribution in [3.63, 3.8) is 0 Å². The maximum atomic E-state index is 12.4. The molecule has 0 spiro atoms. The van der Waals surface area contributed by atoms with Crippen molar-refractivity contribution in [2.24, 2.45) is 5.92 Å². The first-order valence-corrected chi connectivity index (χ1v) is 8.50. The first-order chi connectivity index (χ1) is 11.1. The number of fused-ring (bicyclic) bond motifs is 1. The minimum atomic E-state index is -0.114. The van der Waals surface area contributed by atoms with Gasteiger partial charge in [-0.2, -0.15) is 0 Å². The number of carbonyl (C=O) groups excluding carboxylic acids is 2. The van der Waals surface area contributed by atoms with Gasteiger partial charge in [-0.25, -0.2) is 0 Å². The van der Waals surface area contributed by atoms with Crippen molar-refractivity contribution in [2.75, 3.05) is 32.0 Å². The normalized spacial score (nSPS) is 20.3. The highest BCUT2D eigenvalue weighted by atomic mass is 35.5. The molecular weight excluding hydrogens is 349 g/mol. The molecule has 0 aliphatic carbocycles. The molecule has 24 heavy (non-hydrogen) atoms. The highest BCUT2D eigenvalue weighted by Crippen LogP contribution is 2.42. The number of nitrogens with zero attached hydrogens (tertiary/aromatic N) is 1. The minimum absolute atomic E-state index is 0. The second-order valence-corrected chi connectivity index (χ2v) is 6.71. The molecule has 2 amide bonds. The lowest BCUT2D eigenvalue weighted by Gasteiger charge is -2.34. The van der Waals surface area contributed by atoms with Crippen molar-refractivity contribution in [1.82, 2.24) is 10.2 Å². The van der Waals surface area contributed by atoms with Crippen LogP contribution in [0.1, 0.15) is 30.7 Å². The topological polar surface area (TPSA) is 61.4 Å². The van der Waals surface area contributed by atoms with E-state index in [4.69, 9.17) is 11.6 Å². The molecule has 0 aromatic heterocycles. The Balaban J connectivity index is 0.00000208. The number of hydrogen-bond acceptors (Lipinski definition) is 3. The van der Waals surface area contributed by atoms with Crippen molar-refractivity contribution in [3.05, 3.63) is 28.8 Å². The Morgan fingerprint density at radius 2 is 2.08 bits per heavy atom. The Hall–Kier alpha value is -1.30. The minimum Gasteiger partial charge on any atom is -0.343 e. The molecular formula is C17H23Cl2N3O2. The van der Waals surface area contributed by atoms with Gasteiger partial charge in [-0.15, -0.1) is 12.4 Å². The number of rotatable bonds is 4. The summed E-state index contributed by atoms with van der Waals surface area (Å²) in [5, 5.41) is 6.57. The number of carbonyl (C=O) groups is 2. The Morgan fingerprint density at radius 1 is 1.38 bits per heavy atom. The summed E-state index contributed by atoms with van der Waals surface area (Å²) >= 11 is 6.00. The van der Waals surface area contributed by atoms with Crippen LogP contribution >= 0.6 is 24.0 Å². The van der Waals surface area contributed by atoms with E-state index in [9.17, 15) is 9.59 Å².